The van der Waals surface area contributed by atoms with E-state index in [0.29, 0.717) is 0 Å². The number of aromatic nitrogens is 2. The summed E-state index contributed by atoms with van der Waals surface area (Å²) in [5, 5.41) is 6.61. The topological polar surface area (TPSA) is 52.7 Å². The fourth-order valence-corrected chi connectivity index (χ4v) is 4.14. The molecule has 0 saturated carbocycles. The summed E-state index contributed by atoms with van der Waals surface area (Å²) in [4.78, 5) is 10.7. The van der Waals surface area contributed by atoms with E-state index in [9.17, 15) is 0 Å². The number of rotatable bonds is 7. The molecule has 0 spiro atoms. The van der Waals surface area contributed by atoms with Crippen molar-refractivity contribution in [2.75, 3.05) is 20.1 Å². The Kier molecular flexibility index (Phi) is 5.34. The van der Waals surface area contributed by atoms with Crippen LogP contribution in [0.4, 0.5) is 0 Å². The van der Waals surface area contributed by atoms with E-state index in [0.717, 1.165) is 41.4 Å². The van der Waals surface area contributed by atoms with Crippen molar-refractivity contribution in [3.8, 4) is 21.1 Å². The van der Waals surface area contributed by atoms with Gasteiger partial charge in [0, 0.05) is 24.5 Å². The van der Waals surface area contributed by atoms with Crippen molar-refractivity contribution in [1.29, 1.82) is 0 Å². The molecule has 0 bridgehead atoms. The highest BCUT2D eigenvalue weighted by Crippen LogP contribution is 2.34. The second-order valence-electron chi connectivity index (χ2n) is 6.70. The summed E-state index contributed by atoms with van der Waals surface area (Å²) in [5.74, 6) is 0.945. The van der Waals surface area contributed by atoms with Crippen LogP contribution in [-0.4, -0.2) is 30.1 Å². The average Bonchev–Trinajstić information content (AvgIpc) is 3.33. The molecule has 0 fully saturated rings. The van der Waals surface area contributed by atoms with E-state index in [1.165, 1.54) is 21.6 Å². The minimum Gasteiger partial charge on any atom is -0.337 e. The van der Waals surface area contributed by atoms with Crippen LogP contribution in [0, 0.1) is 6.92 Å². The highest BCUT2D eigenvalue weighted by atomic mass is 32.1. The molecule has 4 rings (SSSR count). The summed E-state index contributed by atoms with van der Waals surface area (Å²) in [6.07, 6.45) is 0. The zero-order valence-corrected chi connectivity index (χ0v) is 16.5. The average molecular weight is 377 g/mol. The highest BCUT2D eigenvalue weighted by Gasteiger charge is 2.10. The summed E-state index contributed by atoms with van der Waals surface area (Å²) in [6.45, 7) is 4.93. The number of aryl methyl sites for hydroxylation is 1. The van der Waals surface area contributed by atoms with Gasteiger partial charge in [0.05, 0.1) is 15.9 Å². The quantitative estimate of drug-likeness (QED) is 0.414. The Balaban J connectivity index is 1.56. The molecule has 0 amide bonds. The Morgan fingerprint density at radius 2 is 1.85 bits per heavy atom. The van der Waals surface area contributed by atoms with Gasteiger partial charge < -0.3 is 15.6 Å². The van der Waals surface area contributed by atoms with E-state index >= 15 is 0 Å². The van der Waals surface area contributed by atoms with Crippen LogP contribution in [0.15, 0.2) is 54.6 Å². The van der Waals surface area contributed by atoms with E-state index < -0.39 is 0 Å². The molecule has 0 aliphatic carbocycles. The summed E-state index contributed by atoms with van der Waals surface area (Å²) in [5.41, 5.74) is 5.90. The van der Waals surface area contributed by atoms with Gasteiger partial charge in [-0.3, -0.25) is 0 Å². The lowest BCUT2D eigenvalue weighted by Crippen LogP contribution is -2.24. The first kappa shape index (κ1) is 17.9. The van der Waals surface area contributed by atoms with E-state index in [1.54, 1.807) is 11.3 Å². The number of nitrogens with zero attached hydrogens (tertiary/aromatic N) is 1. The Morgan fingerprint density at radius 3 is 2.70 bits per heavy atom. The first-order valence-corrected chi connectivity index (χ1v) is 10.1. The van der Waals surface area contributed by atoms with Crippen molar-refractivity contribution in [2.45, 2.75) is 13.5 Å². The van der Waals surface area contributed by atoms with Crippen molar-refractivity contribution < 1.29 is 0 Å². The first-order valence-electron chi connectivity index (χ1n) is 9.25. The molecule has 4 aromatic rings. The van der Waals surface area contributed by atoms with Crippen molar-refractivity contribution in [2.24, 2.45) is 0 Å². The molecule has 0 aliphatic heterocycles. The molecular formula is C22H24N4S. The number of thiophene rings is 1. The fourth-order valence-electron chi connectivity index (χ4n) is 3.19. The highest BCUT2D eigenvalue weighted by molar-refractivity contribution is 7.18. The number of benzene rings is 2. The monoisotopic (exact) mass is 376 g/mol. The van der Waals surface area contributed by atoms with Gasteiger partial charge in [0.2, 0.25) is 0 Å². The third kappa shape index (κ3) is 3.95. The van der Waals surface area contributed by atoms with Crippen LogP contribution in [0.2, 0.25) is 0 Å². The molecule has 3 N–H and O–H groups in total. The van der Waals surface area contributed by atoms with E-state index in [1.807, 2.05) is 7.05 Å². The molecule has 0 radical (unpaired) electrons. The van der Waals surface area contributed by atoms with Crippen LogP contribution in [0.3, 0.4) is 0 Å². The number of aromatic amines is 1. The van der Waals surface area contributed by atoms with Gasteiger partial charge in [-0.15, -0.1) is 11.3 Å². The van der Waals surface area contributed by atoms with E-state index in [2.05, 4.69) is 77.1 Å². The Labute approximate surface area is 163 Å². The number of H-pyrrole nitrogens is 1. The number of nitrogens with one attached hydrogen (secondary N) is 3. The van der Waals surface area contributed by atoms with E-state index in [4.69, 9.17) is 4.98 Å². The zero-order chi connectivity index (χ0) is 18.6. The number of likely N-dealkylation sites (N-methyl/N-ethyl adjacent to an activating group) is 1. The smallest absolute Gasteiger partial charge is 0.148 e. The second-order valence-corrected chi connectivity index (χ2v) is 7.78. The maximum atomic E-state index is 4.80. The molecule has 27 heavy (non-hydrogen) atoms. The third-order valence-corrected chi connectivity index (χ3v) is 5.79. The molecule has 138 valence electrons. The molecule has 0 saturated heterocycles. The maximum absolute atomic E-state index is 4.80. The van der Waals surface area contributed by atoms with Gasteiger partial charge in [-0.05, 0) is 54.9 Å². The Morgan fingerprint density at radius 1 is 1.00 bits per heavy atom. The number of fused-ring (bicyclic) bond motifs is 1. The van der Waals surface area contributed by atoms with E-state index in [-0.39, 0.29) is 0 Å². The largest absolute Gasteiger partial charge is 0.337 e. The molecule has 2 heterocycles. The van der Waals surface area contributed by atoms with Gasteiger partial charge in [-0.2, -0.15) is 0 Å². The molecule has 2 aromatic heterocycles. The van der Waals surface area contributed by atoms with Crippen molar-refractivity contribution >= 4 is 22.4 Å². The molecular weight excluding hydrogens is 352 g/mol. The molecule has 0 unspecified atom stereocenters. The van der Waals surface area contributed by atoms with Gasteiger partial charge in [-0.1, -0.05) is 30.3 Å². The molecule has 5 heteroatoms. The van der Waals surface area contributed by atoms with Crippen LogP contribution < -0.4 is 10.6 Å². The number of imidazole rings is 1. The number of para-hydroxylation sites is 1. The number of hydrogen-bond acceptors (Lipinski definition) is 4. The van der Waals surface area contributed by atoms with Crippen LogP contribution in [0.1, 0.15) is 11.1 Å². The summed E-state index contributed by atoms with van der Waals surface area (Å²) >= 11 is 1.78. The predicted molar refractivity (Wildman–Crippen MR) is 115 cm³/mol. The number of hydrogen-bond donors (Lipinski definition) is 3. The van der Waals surface area contributed by atoms with Crippen molar-refractivity contribution in [1.82, 2.24) is 20.6 Å². The molecule has 4 nitrogen and oxygen atoms in total. The summed E-state index contributed by atoms with van der Waals surface area (Å²) in [6, 6.07) is 19.3. The van der Waals surface area contributed by atoms with Gasteiger partial charge in [0.1, 0.15) is 5.82 Å². The molecule has 0 atom stereocenters. The first-order chi connectivity index (χ1) is 13.2. The Bertz CT molecular complexity index is 1050. The maximum Gasteiger partial charge on any atom is 0.148 e. The SMILES string of the molecule is CNCCNCc1cccc(-c2ccc(-c3nc4c(C)cccc4[nH]3)s2)c1. The fraction of sp³-hybridized carbons (Fsp3) is 0.227. The van der Waals surface area contributed by atoms with Gasteiger partial charge in [0.25, 0.3) is 0 Å². The minimum absolute atomic E-state index is 0.886. The van der Waals surface area contributed by atoms with Gasteiger partial charge in [0.15, 0.2) is 0 Å². The van der Waals surface area contributed by atoms with Gasteiger partial charge >= 0.3 is 0 Å². The standard InChI is InChI=1S/C22H24N4S/c1-15-5-3-8-18-21(15)26-22(25-18)20-10-9-19(27-20)17-7-4-6-16(13-17)14-24-12-11-23-2/h3-10,13,23-24H,11-12,14H2,1-2H3,(H,25,26). The van der Waals surface area contributed by atoms with Crippen LogP contribution >= 0.6 is 11.3 Å². The lowest BCUT2D eigenvalue weighted by Gasteiger charge is -2.06. The minimum atomic E-state index is 0.886. The molecule has 2 aromatic carbocycles. The lowest BCUT2D eigenvalue weighted by molar-refractivity contribution is 0.651. The van der Waals surface area contributed by atoms with Crippen molar-refractivity contribution in [3.05, 3.63) is 65.7 Å². The van der Waals surface area contributed by atoms with Gasteiger partial charge in [-0.25, -0.2) is 4.98 Å². The van der Waals surface area contributed by atoms with Crippen LogP contribution in [-0.2, 0) is 6.54 Å². The zero-order valence-electron chi connectivity index (χ0n) is 15.7. The lowest BCUT2D eigenvalue weighted by atomic mass is 10.1. The molecule has 0 aliphatic rings. The second kappa shape index (κ2) is 8.05. The Hall–Kier alpha value is -2.47. The predicted octanol–water partition coefficient (Wildman–Crippen LogP) is 4.58. The van der Waals surface area contributed by atoms with Crippen LogP contribution in [0.25, 0.3) is 32.2 Å². The third-order valence-electron chi connectivity index (χ3n) is 4.65. The normalized spacial score (nSPS) is 11.3. The van der Waals surface area contributed by atoms with Crippen molar-refractivity contribution in [3.63, 3.8) is 0 Å². The van der Waals surface area contributed by atoms with Crippen LogP contribution in [0.5, 0.6) is 0 Å². The summed E-state index contributed by atoms with van der Waals surface area (Å²) in [7, 11) is 1.97. The summed E-state index contributed by atoms with van der Waals surface area (Å²) < 4.78 is 0.